The number of hydrogen-bond donors (Lipinski definition) is 1. The first-order valence-corrected chi connectivity index (χ1v) is 4.84. The van der Waals surface area contributed by atoms with Crippen LogP contribution in [0.3, 0.4) is 0 Å². The second-order valence-corrected chi connectivity index (χ2v) is 3.60. The van der Waals surface area contributed by atoms with Crippen molar-refractivity contribution in [1.82, 2.24) is 0 Å². The molecule has 0 amide bonds. The normalized spacial score (nSPS) is 22.4. The highest BCUT2D eigenvalue weighted by Gasteiger charge is 2.18. The van der Waals surface area contributed by atoms with Crippen LogP contribution < -0.4 is 0 Å². The first-order valence-electron chi connectivity index (χ1n) is 4.84. The molecular weight excluding hydrogens is 136 g/mol. The van der Waals surface area contributed by atoms with Gasteiger partial charge in [0.15, 0.2) is 0 Å². The highest BCUT2D eigenvalue weighted by molar-refractivity contribution is 4.95. The lowest BCUT2D eigenvalue weighted by molar-refractivity contribution is 0.156. The Hall–Kier alpha value is -0.0400. The van der Waals surface area contributed by atoms with E-state index in [-0.39, 0.29) is 6.10 Å². The SMILES string of the molecule is CCCC(O)C[C]1CCCC1. The van der Waals surface area contributed by atoms with Crippen LogP contribution in [0.2, 0.25) is 0 Å². The quantitative estimate of drug-likeness (QED) is 0.661. The van der Waals surface area contributed by atoms with Gasteiger partial charge in [-0.25, -0.2) is 0 Å². The van der Waals surface area contributed by atoms with E-state index in [0.717, 1.165) is 19.3 Å². The molecule has 1 aliphatic carbocycles. The van der Waals surface area contributed by atoms with E-state index >= 15 is 0 Å². The summed E-state index contributed by atoms with van der Waals surface area (Å²) in [4.78, 5) is 0. The number of rotatable bonds is 4. The first kappa shape index (κ1) is 9.05. The maximum Gasteiger partial charge on any atom is 0.0545 e. The first-order chi connectivity index (χ1) is 5.33. The standard InChI is InChI=1S/C10H19O/c1-2-5-10(11)8-9-6-3-4-7-9/h10-11H,2-8H2,1H3. The van der Waals surface area contributed by atoms with E-state index in [2.05, 4.69) is 6.92 Å². The van der Waals surface area contributed by atoms with E-state index in [4.69, 9.17) is 0 Å². The van der Waals surface area contributed by atoms with Crippen LogP contribution in [0.15, 0.2) is 0 Å². The van der Waals surface area contributed by atoms with Gasteiger partial charge in [-0.3, -0.25) is 0 Å². The summed E-state index contributed by atoms with van der Waals surface area (Å²) < 4.78 is 0. The Morgan fingerprint density at radius 2 is 2.00 bits per heavy atom. The third kappa shape index (κ3) is 3.24. The van der Waals surface area contributed by atoms with E-state index in [1.165, 1.54) is 25.7 Å². The van der Waals surface area contributed by atoms with Crippen LogP contribution in [0.5, 0.6) is 0 Å². The summed E-state index contributed by atoms with van der Waals surface area (Å²) in [7, 11) is 0. The van der Waals surface area contributed by atoms with Gasteiger partial charge in [0, 0.05) is 0 Å². The third-order valence-electron chi connectivity index (χ3n) is 2.46. The highest BCUT2D eigenvalue weighted by atomic mass is 16.3. The Labute approximate surface area is 69.8 Å². The van der Waals surface area contributed by atoms with Crippen molar-refractivity contribution < 1.29 is 5.11 Å². The van der Waals surface area contributed by atoms with E-state index in [9.17, 15) is 5.11 Å². The summed E-state index contributed by atoms with van der Waals surface area (Å²) in [6.07, 6.45) is 8.28. The second kappa shape index (κ2) is 4.76. The van der Waals surface area contributed by atoms with Crippen molar-refractivity contribution in [1.29, 1.82) is 0 Å². The molecule has 0 saturated heterocycles. The second-order valence-electron chi connectivity index (χ2n) is 3.60. The predicted octanol–water partition coefficient (Wildman–Crippen LogP) is 2.69. The van der Waals surface area contributed by atoms with Gasteiger partial charge in [0.1, 0.15) is 0 Å². The van der Waals surface area contributed by atoms with E-state index in [0.29, 0.717) is 0 Å². The molecule has 0 aromatic heterocycles. The minimum Gasteiger partial charge on any atom is -0.393 e. The van der Waals surface area contributed by atoms with Crippen LogP contribution >= 0.6 is 0 Å². The van der Waals surface area contributed by atoms with Crippen molar-refractivity contribution in [3.8, 4) is 0 Å². The molecule has 0 heterocycles. The molecular formula is C10H19O. The van der Waals surface area contributed by atoms with Crippen molar-refractivity contribution in [2.24, 2.45) is 0 Å². The van der Waals surface area contributed by atoms with E-state index in [1.54, 1.807) is 5.92 Å². The Kier molecular flexibility index (Phi) is 3.92. The topological polar surface area (TPSA) is 20.2 Å². The molecule has 1 atom stereocenters. The molecule has 1 heteroatoms. The van der Waals surface area contributed by atoms with Gasteiger partial charge in [-0.2, -0.15) is 0 Å². The van der Waals surface area contributed by atoms with Crippen LogP contribution in [0.1, 0.15) is 51.9 Å². The Morgan fingerprint density at radius 1 is 1.36 bits per heavy atom. The van der Waals surface area contributed by atoms with Crippen molar-refractivity contribution >= 4 is 0 Å². The fourth-order valence-corrected chi connectivity index (χ4v) is 1.85. The summed E-state index contributed by atoms with van der Waals surface area (Å²) in [5.74, 6) is 1.60. The van der Waals surface area contributed by atoms with Gasteiger partial charge in [-0.05, 0) is 31.6 Å². The van der Waals surface area contributed by atoms with E-state index in [1.807, 2.05) is 0 Å². The maximum atomic E-state index is 9.49. The van der Waals surface area contributed by atoms with Gasteiger partial charge in [0.05, 0.1) is 6.10 Å². The van der Waals surface area contributed by atoms with Crippen molar-refractivity contribution in [3.05, 3.63) is 5.92 Å². The minimum absolute atomic E-state index is 0.0481. The Balaban J connectivity index is 2.08. The van der Waals surface area contributed by atoms with Gasteiger partial charge in [0.25, 0.3) is 0 Å². The summed E-state index contributed by atoms with van der Waals surface area (Å²) in [6, 6.07) is 0. The average Bonchev–Trinajstić information content (AvgIpc) is 2.40. The van der Waals surface area contributed by atoms with Gasteiger partial charge in [-0.15, -0.1) is 0 Å². The molecule has 1 unspecified atom stereocenters. The highest BCUT2D eigenvalue weighted by Crippen LogP contribution is 2.31. The molecule has 11 heavy (non-hydrogen) atoms. The Bertz CT molecular complexity index is 95.0. The fourth-order valence-electron chi connectivity index (χ4n) is 1.85. The van der Waals surface area contributed by atoms with Crippen molar-refractivity contribution in [2.75, 3.05) is 0 Å². The maximum absolute atomic E-state index is 9.49. The molecule has 0 aliphatic heterocycles. The van der Waals surface area contributed by atoms with E-state index < -0.39 is 0 Å². The van der Waals surface area contributed by atoms with Gasteiger partial charge in [0.2, 0.25) is 0 Å². The number of aliphatic hydroxyl groups is 1. The largest absolute Gasteiger partial charge is 0.393 e. The molecule has 1 aliphatic rings. The molecule has 65 valence electrons. The number of hydrogen-bond acceptors (Lipinski definition) is 1. The van der Waals surface area contributed by atoms with Crippen molar-refractivity contribution in [3.63, 3.8) is 0 Å². The fraction of sp³-hybridized carbons (Fsp3) is 0.900. The van der Waals surface area contributed by atoms with Gasteiger partial charge >= 0.3 is 0 Å². The molecule has 0 spiro atoms. The molecule has 0 bridgehead atoms. The van der Waals surface area contributed by atoms with Crippen LogP contribution in [-0.2, 0) is 0 Å². The summed E-state index contributed by atoms with van der Waals surface area (Å²) in [6.45, 7) is 2.13. The lowest BCUT2D eigenvalue weighted by atomic mass is 9.98. The lowest BCUT2D eigenvalue weighted by Crippen LogP contribution is -2.09. The van der Waals surface area contributed by atoms with Gasteiger partial charge in [-0.1, -0.05) is 26.2 Å². The molecule has 1 fully saturated rings. The average molecular weight is 155 g/mol. The number of aliphatic hydroxyl groups excluding tert-OH is 1. The summed E-state index contributed by atoms with van der Waals surface area (Å²) in [5.41, 5.74) is 0. The van der Waals surface area contributed by atoms with Crippen LogP contribution in [0.25, 0.3) is 0 Å². The van der Waals surface area contributed by atoms with Gasteiger partial charge < -0.3 is 5.11 Å². The zero-order chi connectivity index (χ0) is 8.10. The van der Waals surface area contributed by atoms with Crippen LogP contribution in [-0.4, -0.2) is 11.2 Å². The minimum atomic E-state index is -0.0481. The molecule has 0 aromatic carbocycles. The molecule has 1 nitrogen and oxygen atoms in total. The van der Waals surface area contributed by atoms with Crippen LogP contribution in [0.4, 0.5) is 0 Å². The lowest BCUT2D eigenvalue weighted by Gasteiger charge is -2.13. The van der Waals surface area contributed by atoms with Crippen molar-refractivity contribution in [2.45, 2.75) is 58.0 Å². The predicted molar refractivity (Wildman–Crippen MR) is 47.2 cm³/mol. The monoisotopic (exact) mass is 155 g/mol. The molecule has 0 aromatic rings. The Morgan fingerprint density at radius 3 is 2.55 bits per heavy atom. The summed E-state index contributed by atoms with van der Waals surface area (Å²) in [5, 5.41) is 9.49. The smallest absolute Gasteiger partial charge is 0.0545 e. The zero-order valence-electron chi connectivity index (χ0n) is 7.47. The molecule has 1 N–H and O–H groups in total. The van der Waals surface area contributed by atoms with Crippen LogP contribution in [0, 0.1) is 5.92 Å². The third-order valence-corrected chi connectivity index (χ3v) is 2.46. The molecule has 1 rings (SSSR count). The summed E-state index contributed by atoms with van der Waals surface area (Å²) >= 11 is 0. The zero-order valence-corrected chi connectivity index (χ0v) is 7.47. The molecule has 1 saturated carbocycles. The molecule has 1 radical (unpaired) electrons.